The van der Waals surface area contributed by atoms with Gasteiger partial charge in [-0.05, 0) is 37.9 Å². The third-order valence-corrected chi connectivity index (χ3v) is 5.93. The van der Waals surface area contributed by atoms with Gasteiger partial charge in [-0.15, -0.1) is 0 Å². The normalized spacial score (nSPS) is 14.7. The van der Waals surface area contributed by atoms with Crippen molar-refractivity contribution in [1.82, 2.24) is 4.90 Å². The molecule has 112 valence electrons. The van der Waals surface area contributed by atoms with E-state index in [2.05, 4.69) is 15.9 Å². The Morgan fingerprint density at radius 3 is 2.20 bits per heavy atom. The van der Waals surface area contributed by atoms with Crippen LogP contribution in [0.15, 0.2) is 34.8 Å². The van der Waals surface area contributed by atoms with Gasteiger partial charge in [-0.25, -0.2) is 0 Å². The van der Waals surface area contributed by atoms with E-state index in [0.717, 1.165) is 10.0 Å². The van der Waals surface area contributed by atoms with E-state index in [0.29, 0.717) is 5.03 Å². The predicted molar refractivity (Wildman–Crippen MR) is 87.1 cm³/mol. The van der Waals surface area contributed by atoms with Crippen molar-refractivity contribution in [3.05, 3.63) is 40.4 Å². The van der Waals surface area contributed by atoms with Crippen LogP contribution < -0.4 is 0 Å². The Morgan fingerprint density at radius 2 is 1.80 bits per heavy atom. The van der Waals surface area contributed by atoms with Gasteiger partial charge in [0.15, 0.2) is 0 Å². The number of rotatable bonds is 6. The fourth-order valence-electron chi connectivity index (χ4n) is 1.65. The Hall–Kier alpha value is -0.160. The molecule has 0 aliphatic rings. The first kappa shape index (κ1) is 17.9. The molecule has 20 heavy (non-hydrogen) atoms. The van der Waals surface area contributed by atoms with Gasteiger partial charge in [0.05, 0.1) is 0 Å². The van der Waals surface area contributed by atoms with Crippen molar-refractivity contribution in [3.63, 3.8) is 0 Å². The lowest BCUT2D eigenvalue weighted by atomic mass is 10.2. The van der Waals surface area contributed by atoms with Gasteiger partial charge in [0.25, 0.3) is 0 Å². The van der Waals surface area contributed by atoms with Crippen molar-refractivity contribution in [1.29, 1.82) is 0 Å². The molecule has 1 atom stereocenters. The van der Waals surface area contributed by atoms with Gasteiger partial charge in [0.1, 0.15) is 5.78 Å². The van der Waals surface area contributed by atoms with E-state index in [1.165, 1.54) is 14.2 Å². The zero-order chi connectivity index (χ0) is 15.3. The van der Waals surface area contributed by atoms with Crippen LogP contribution in [0.25, 0.3) is 5.03 Å². The summed E-state index contributed by atoms with van der Waals surface area (Å²) in [6.45, 7) is 0. The van der Waals surface area contributed by atoms with E-state index in [9.17, 15) is 4.57 Å². The molecule has 0 aromatic heterocycles. The van der Waals surface area contributed by atoms with Crippen LogP contribution in [0.2, 0.25) is 0 Å². The van der Waals surface area contributed by atoms with Gasteiger partial charge in [0.2, 0.25) is 0 Å². The summed E-state index contributed by atoms with van der Waals surface area (Å²) in [5, 5.41) is 0.491. The van der Waals surface area contributed by atoms with Gasteiger partial charge < -0.3 is 9.05 Å². The molecule has 0 N–H and O–H groups in total. The molecule has 0 radical (unpaired) electrons. The summed E-state index contributed by atoms with van der Waals surface area (Å²) in [5.74, 6) is -0.561. The Labute approximate surface area is 133 Å². The lowest BCUT2D eigenvalue weighted by Gasteiger charge is -2.27. The molecule has 0 unspecified atom stereocenters. The maximum absolute atomic E-state index is 12.5. The number of halogens is 2. The summed E-state index contributed by atoms with van der Waals surface area (Å²) < 4.78 is 23.6. The van der Waals surface area contributed by atoms with Gasteiger partial charge in [0, 0.05) is 23.7 Å². The monoisotopic (exact) mass is 381 g/mol. The van der Waals surface area contributed by atoms with Crippen molar-refractivity contribution in [2.75, 3.05) is 28.3 Å². The third-order valence-electron chi connectivity index (χ3n) is 2.78. The Morgan fingerprint density at radius 1 is 1.30 bits per heavy atom. The Bertz CT molecular complexity index is 511. The standard InChI is InChI=1S/C13H18BrClNO3P/c1-16(2)13(20(17,18-3)19-4)9-12(15)10-5-7-11(14)8-6-10/h5-9,13H,1-4H3/b12-9-/t13-/m0/s1. The second-order valence-electron chi connectivity index (χ2n) is 4.30. The van der Waals surface area contributed by atoms with Gasteiger partial charge in [-0.1, -0.05) is 39.7 Å². The number of nitrogens with zero attached hydrogens (tertiary/aromatic N) is 1. The molecular weight excluding hydrogens is 364 g/mol. The van der Waals surface area contributed by atoms with Crippen LogP contribution in [0, 0.1) is 0 Å². The molecule has 0 heterocycles. The Kier molecular flexibility index (Phi) is 6.92. The van der Waals surface area contributed by atoms with Crippen LogP contribution in [0.5, 0.6) is 0 Å². The highest BCUT2D eigenvalue weighted by molar-refractivity contribution is 9.10. The molecule has 4 nitrogen and oxygen atoms in total. The highest BCUT2D eigenvalue weighted by Crippen LogP contribution is 2.53. The molecule has 1 aromatic carbocycles. The van der Waals surface area contributed by atoms with Gasteiger partial charge in [-0.2, -0.15) is 0 Å². The molecule has 0 fully saturated rings. The number of likely N-dealkylation sites (N-methyl/N-ethyl adjacent to an activating group) is 1. The molecule has 0 aliphatic carbocycles. The Balaban J connectivity index is 3.14. The zero-order valence-electron chi connectivity index (χ0n) is 11.8. The first-order valence-corrected chi connectivity index (χ1v) is 8.63. The van der Waals surface area contributed by atoms with E-state index in [4.69, 9.17) is 20.6 Å². The minimum absolute atomic E-state index is 0.491. The van der Waals surface area contributed by atoms with E-state index in [1.54, 1.807) is 25.1 Å². The first-order chi connectivity index (χ1) is 9.34. The SMILES string of the molecule is COP(=O)(OC)[C@@H](/C=C(\Cl)c1ccc(Br)cc1)N(C)C. The maximum atomic E-state index is 12.5. The number of hydrogen-bond donors (Lipinski definition) is 0. The molecule has 0 bridgehead atoms. The summed E-state index contributed by atoms with van der Waals surface area (Å²) in [6, 6.07) is 7.53. The molecule has 7 heteroatoms. The van der Waals surface area contributed by atoms with Crippen LogP contribution in [0.3, 0.4) is 0 Å². The molecule has 0 spiro atoms. The van der Waals surface area contributed by atoms with Gasteiger partial charge in [-0.3, -0.25) is 9.46 Å². The van der Waals surface area contributed by atoms with Crippen LogP contribution >= 0.6 is 35.1 Å². The summed E-state index contributed by atoms with van der Waals surface area (Å²) in [4.78, 5) is 1.75. The zero-order valence-corrected chi connectivity index (χ0v) is 15.1. The maximum Gasteiger partial charge on any atom is 0.351 e. The number of hydrogen-bond acceptors (Lipinski definition) is 4. The van der Waals surface area contributed by atoms with E-state index in [1.807, 2.05) is 24.3 Å². The van der Waals surface area contributed by atoms with Crippen LogP contribution in [-0.2, 0) is 13.6 Å². The minimum Gasteiger partial charge on any atom is -0.311 e. The average molecular weight is 383 g/mol. The van der Waals surface area contributed by atoms with Crippen molar-refractivity contribution in [3.8, 4) is 0 Å². The van der Waals surface area contributed by atoms with Crippen molar-refractivity contribution < 1.29 is 13.6 Å². The first-order valence-electron chi connectivity index (χ1n) is 5.85. The van der Waals surface area contributed by atoms with Crippen molar-refractivity contribution >= 4 is 40.2 Å². The summed E-state index contributed by atoms with van der Waals surface area (Å²) in [5.41, 5.74) is 0.834. The average Bonchev–Trinajstić information content (AvgIpc) is 2.44. The van der Waals surface area contributed by atoms with E-state index >= 15 is 0 Å². The third kappa shape index (κ3) is 4.42. The molecular formula is C13H18BrClNO3P. The quantitative estimate of drug-likeness (QED) is 0.684. The second kappa shape index (κ2) is 7.74. The molecule has 0 aliphatic heterocycles. The molecule has 0 saturated heterocycles. The van der Waals surface area contributed by atoms with Gasteiger partial charge >= 0.3 is 7.60 Å². The second-order valence-corrected chi connectivity index (χ2v) is 7.97. The predicted octanol–water partition coefficient (Wildman–Crippen LogP) is 4.40. The highest BCUT2D eigenvalue weighted by atomic mass is 79.9. The van der Waals surface area contributed by atoms with Crippen molar-refractivity contribution in [2.24, 2.45) is 0 Å². The lowest BCUT2D eigenvalue weighted by Crippen LogP contribution is -2.27. The molecule has 1 rings (SSSR count). The fraction of sp³-hybridized carbons (Fsp3) is 0.385. The molecule has 0 amide bonds. The smallest absolute Gasteiger partial charge is 0.311 e. The van der Waals surface area contributed by atoms with Crippen LogP contribution in [0.4, 0.5) is 0 Å². The lowest BCUT2D eigenvalue weighted by molar-refractivity contribution is 0.242. The fourth-order valence-corrected chi connectivity index (χ4v) is 3.73. The summed E-state index contributed by atoms with van der Waals surface area (Å²) in [7, 11) is 3.03. The summed E-state index contributed by atoms with van der Waals surface area (Å²) in [6.07, 6.45) is 1.68. The molecule has 0 saturated carbocycles. The highest BCUT2D eigenvalue weighted by Gasteiger charge is 2.34. The van der Waals surface area contributed by atoms with Crippen molar-refractivity contribution in [2.45, 2.75) is 5.78 Å². The van der Waals surface area contributed by atoms with Crippen LogP contribution in [-0.4, -0.2) is 39.0 Å². The van der Waals surface area contributed by atoms with Crippen LogP contribution in [0.1, 0.15) is 5.56 Å². The minimum atomic E-state index is -3.28. The number of benzene rings is 1. The topological polar surface area (TPSA) is 38.8 Å². The summed E-state index contributed by atoms with van der Waals surface area (Å²) >= 11 is 9.67. The molecule has 1 aromatic rings. The largest absolute Gasteiger partial charge is 0.351 e. The van der Waals surface area contributed by atoms with E-state index in [-0.39, 0.29) is 0 Å². The van der Waals surface area contributed by atoms with E-state index < -0.39 is 13.4 Å².